The fourth-order valence-electron chi connectivity index (χ4n) is 2.64. The maximum atomic E-state index is 12.6. The second kappa shape index (κ2) is 7.25. The number of anilines is 1. The van der Waals surface area contributed by atoms with Crippen LogP contribution in [-0.2, 0) is 21.4 Å². The molecule has 0 atom stereocenters. The second-order valence-electron chi connectivity index (χ2n) is 6.52. The van der Waals surface area contributed by atoms with Crippen molar-refractivity contribution in [1.29, 1.82) is 0 Å². The summed E-state index contributed by atoms with van der Waals surface area (Å²) in [5, 5.41) is 1.24. The van der Waals surface area contributed by atoms with Crippen LogP contribution in [0.1, 0.15) is 5.56 Å². The van der Waals surface area contributed by atoms with E-state index in [1.54, 1.807) is 38.4 Å². The van der Waals surface area contributed by atoms with E-state index in [4.69, 9.17) is 11.6 Å². The van der Waals surface area contributed by atoms with Crippen molar-refractivity contribution in [2.75, 3.05) is 18.8 Å². The molecule has 0 spiro atoms. The van der Waals surface area contributed by atoms with Gasteiger partial charge in [-0.3, -0.25) is 9.52 Å². The predicted molar refractivity (Wildman–Crippen MR) is 108 cm³/mol. The van der Waals surface area contributed by atoms with Gasteiger partial charge < -0.3 is 9.47 Å². The van der Waals surface area contributed by atoms with Crippen LogP contribution in [0.5, 0.6) is 0 Å². The van der Waals surface area contributed by atoms with E-state index in [0.717, 1.165) is 16.5 Å². The average molecular weight is 406 g/mol. The first-order chi connectivity index (χ1) is 12.7. The van der Waals surface area contributed by atoms with Gasteiger partial charge in [0.25, 0.3) is 10.0 Å². The Kier molecular flexibility index (Phi) is 5.17. The van der Waals surface area contributed by atoms with Crippen LogP contribution in [0, 0.1) is 6.92 Å². The summed E-state index contributed by atoms with van der Waals surface area (Å²) in [6.07, 6.45) is 1.81. The van der Waals surface area contributed by atoms with E-state index >= 15 is 0 Å². The number of likely N-dealkylation sites (N-methyl/N-ethyl adjacent to an activating group) is 1. The fourth-order valence-corrected chi connectivity index (χ4v) is 3.96. The molecule has 1 aromatic heterocycles. The van der Waals surface area contributed by atoms with Crippen LogP contribution in [0.3, 0.4) is 0 Å². The molecule has 0 aliphatic rings. The van der Waals surface area contributed by atoms with Crippen LogP contribution in [-0.4, -0.2) is 37.9 Å². The summed E-state index contributed by atoms with van der Waals surface area (Å²) in [5.74, 6) is -0.0199. The number of rotatable bonds is 5. The molecule has 3 rings (SSSR count). The lowest BCUT2D eigenvalue weighted by atomic mass is 10.2. The van der Waals surface area contributed by atoms with Crippen LogP contribution in [0.25, 0.3) is 10.9 Å². The third kappa shape index (κ3) is 4.09. The molecule has 2 aromatic carbocycles. The van der Waals surface area contributed by atoms with E-state index < -0.39 is 10.0 Å². The molecule has 0 radical (unpaired) electrons. The molecular formula is C19H20ClN3O3S. The molecule has 3 aromatic rings. The smallest absolute Gasteiger partial charge is 0.261 e. The summed E-state index contributed by atoms with van der Waals surface area (Å²) in [6, 6.07) is 11.7. The molecule has 0 saturated heterocycles. The highest BCUT2D eigenvalue weighted by Gasteiger charge is 2.16. The van der Waals surface area contributed by atoms with Crippen LogP contribution < -0.4 is 4.72 Å². The number of benzene rings is 2. The molecule has 0 bridgehead atoms. The molecule has 1 amide bonds. The largest absolute Gasteiger partial charge is 0.347 e. The predicted octanol–water partition coefficient (Wildman–Crippen LogP) is 3.49. The fraction of sp³-hybridized carbons (Fsp3) is 0.211. The third-order valence-corrected chi connectivity index (χ3v) is 6.07. The van der Waals surface area contributed by atoms with E-state index in [9.17, 15) is 13.2 Å². The molecule has 0 saturated carbocycles. The molecule has 0 aliphatic carbocycles. The molecule has 1 heterocycles. The van der Waals surface area contributed by atoms with Crippen molar-refractivity contribution in [1.82, 2.24) is 9.47 Å². The Hall–Kier alpha value is -2.51. The molecule has 27 heavy (non-hydrogen) atoms. The van der Waals surface area contributed by atoms with Gasteiger partial charge in [0.2, 0.25) is 5.91 Å². The van der Waals surface area contributed by atoms with Gasteiger partial charge in [0.15, 0.2) is 0 Å². The lowest BCUT2D eigenvalue weighted by Gasteiger charge is -2.12. The number of aryl methyl sites for hydroxylation is 1. The molecular weight excluding hydrogens is 386 g/mol. The molecule has 8 heteroatoms. The zero-order chi connectivity index (χ0) is 19.8. The highest BCUT2D eigenvalue weighted by atomic mass is 35.5. The van der Waals surface area contributed by atoms with E-state index in [1.165, 1.54) is 17.0 Å². The number of aromatic nitrogens is 1. The van der Waals surface area contributed by atoms with E-state index in [2.05, 4.69) is 4.72 Å². The van der Waals surface area contributed by atoms with Gasteiger partial charge in [0.1, 0.15) is 6.54 Å². The molecule has 6 nitrogen and oxygen atoms in total. The summed E-state index contributed by atoms with van der Waals surface area (Å²) in [4.78, 5) is 13.6. The minimum atomic E-state index is -3.75. The van der Waals surface area contributed by atoms with Crippen LogP contribution >= 0.6 is 11.6 Å². The van der Waals surface area contributed by atoms with Gasteiger partial charge >= 0.3 is 0 Å². The van der Waals surface area contributed by atoms with Crippen molar-refractivity contribution in [3.8, 4) is 0 Å². The number of hydrogen-bond donors (Lipinski definition) is 1. The third-order valence-electron chi connectivity index (χ3n) is 4.28. The number of fused-ring (bicyclic) bond motifs is 1. The van der Waals surface area contributed by atoms with E-state index in [-0.39, 0.29) is 17.3 Å². The molecule has 142 valence electrons. The van der Waals surface area contributed by atoms with Crippen molar-refractivity contribution < 1.29 is 13.2 Å². The van der Waals surface area contributed by atoms with Gasteiger partial charge in [-0.05, 0) is 48.9 Å². The first kappa shape index (κ1) is 19.3. The minimum absolute atomic E-state index is 0.0199. The summed E-state index contributed by atoms with van der Waals surface area (Å²) < 4.78 is 29.6. The summed E-state index contributed by atoms with van der Waals surface area (Å²) >= 11 is 6.04. The maximum absolute atomic E-state index is 12.6. The van der Waals surface area contributed by atoms with Gasteiger partial charge in [-0.2, -0.15) is 0 Å². The number of hydrogen-bond acceptors (Lipinski definition) is 3. The zero-order valence-corrected chi connectivity index (χ0v) is 16.8. The quantitative estimate of drug-likeness (QED) is 0.706. The van der Waals surface area contributed by atoms with Gasteiger partial charge in [0.05, 0.1) is 4.90 Å². The normalized spacial score (nSPS) is 11.6. The van der Waals surface area contributed by atoms with Crippen molar-refractivity contribution in [2.24, 2.45) is 0 Å². The molecule has 0 aliphatic heterocycles. The summed E-state index contributed by atoms with van der Waals surface area (Å²) in [6.45, 7) is 2.04. The second-order valence-corrected chi connectivity index (χ2v) is 8.61. The zero-order valence-electron chi connectivity index (χ0n) is 15.2. The Morgan fingerprint density at radius 1 is 1.15 bits per heavy atom. The minimum Gasteiger partial charge on any atom is -0.347 e. The maximum Gasteiger partial charge on any atom is 0.261 e. The van der Waals surface area contributed by atoms with Gasteiger partial charge in [-0.25, -0.2) is 8.42 Å². The average Bonchev–Trinajstić information content (AvgIpc) is 2.98. The van der Waals surface area contributed by atoms with Crippen LogP contribution in [0.4, 0.5) is 5.69 Å². The Morgan fingerprint density at radius 3 is 2.56 bits per heavy atom. The van der Waals surface area contributed by atoms with Gasteiger partial charge in [0, 0.05) is 41.9 Å². The van der Waals surface area contributed by atoms with Crippen molar-refractivity contribution in [3.63, 3.8) is 0 Å². The lowest BCUT2D eigenvalue weighted by Crippen LogP contribution is -2.25. The molecule has 0 unspecified atom stereocenters. The standard InChI is InChI=1S/C19H20ClN3O3S/c1-13-4-6-16(11-17(13)20)27(25,26)21-15-5-7-18-14(10-15)8-9-23(18)12-19(24)22(2)3/h4-11,21H,12H2,1-3H3. The number of nitrogens with zero attached hydrogens (tertiary/aromatic N) is 2. The number of carbonyl (C=O) groups excluding carboxylic acids is 1. The number of amides is 1. The topological polar surface area (TPSA) is 71.4 Å². The number of carbonyl (C=O) groups is 1. The molecule has 1 N–H and O–H groups in total. The number of sulfonamides is 1. The van der Waals surface area contributed by atoms with Crippen molar-refractivity contribution in [3.05, 3.63) is 59.2 Å². The van der Waals surface area contributed by atoms with Crippen molar-refractivity contribution >= 4 is 44.1 Å². The highest BCUT2D eigenvalue weighted by Crippen LogP contribution is 2.25. The first-order valence-corrected chi connectivity index (χ1v) is 10.1. The Bertz CT molecular complexity index is 1120. The van der Waals surface area contributed by atoms with Crippen LogP contribution in [0.2, 0.25) is 5.02 Å². The first-order valence-electron chi connectivity index (χ1n) is 8.25. The number of halogens is 1. The Morgan fingerprint density at radius 2 is 1.89 bits per heavy atom. The Labute approximate surface area is 163 Å². The molecule has 0 fully saturated rings. The summed E-state index contributed by atoms with van der Waals surface area (Å²) in [7, 11) is -0.334. The van der Waals surface area contributed by atoms with Crippen LogP contribution in [0.15, 0.2) is 53.6 Å². The van der Waals surface area contributed by atoms with Gasteiger partial charge in [-0.1, -0.05) is 17.7 Å². The Balaban J connectivity index is 1.87. The summed E-state index contributed by atoms with van der Waals surface area (Å²) in [5.41, 5.74) is 2.10. The van der Waals surface area contributed by atoms with E-state index in [1.807, 2.05) is 23.8 Å². The van der Waals surface area contributed by atoms with E-state index in [0.29, 0.717) is 10.7 Å². The lowest BCUT2D eigenvalue weighted by molar-refractivity contribution is -0.129. The number of nitrogens with one attached hydrogen (secondary N) is 1. The SMILES string of the molecule is Cc1ccc(S(=O)(=O)Nc2ccc3c(ccn3CC(=O)N(C)C)c2)cc1Cl. The highest BCUT2D eigenvalue weighted by molar-refractivity contribution is 7.92. The van der Waals surface area contributed by atoms with Crippen molar-refractivity contribution in [2.45, 2.75) is 18.4 Å². The van der Waals surface area contributed by atoms with Gasteiger partial charge in [-0.15, -0.1) is 0 Å². The monoisotopic (exact) mass is 405 g/mol.